The van der Waals surface area contributed by atoms with Crippen molar-refractivity contribution in [2.45, 2.75) is 31.1 Å². The second-order valence-electron chi connectivity index (χ2n) is 4.47. The first-order valence-electron chi connectivity index (χ1n) is 5.89. The quantitative estimate of drug-likeness (QED) is 0.825. The number of aliphatic carboxylic acids is 1. The second kappa shape index (κ2) is 5.08. The molecule has 7 heteroatoms. The smallest absolute Gasteiger partial charge is 0.344 e. The summed E-state index contributed by atoms with van der Waals surface area (Å²) >= 11 is 0. The van der Waals surface area contributed by atoms with Crippen LogP contribution in [0.2, 0.25) is 0 Å². The van der Waals surface area contributed by atoms with Gasteiger partial charge in [-0.2, -0.15) is 0 Å². The average Bonchev–Trinajstić information content (AvgIpc) is 3.12. The van der Waals surface area contributed by atoms with Gasteiger partial charge in [0.05, 0.1) is 10.9 Å². The van der Waals surface area contributed by atoms with Gasteiger partial charge in [0.2, 0.25) is 10.0 Å². The summed E-state index contributed by atoms with van der Waals surface area (Å²) in [4.78, 5) is 10.7. The third kappa shape index (κ3) is 3.60. The van der Waals surface area contributed by atoms with Crippen LogP contribution >= 0.6 is 0 Å². The number of nitrogens with one attached hydrogen (secondary N) is 1. The number of hydrogen-bond donors (Lipinski definition) is 2. The first kappa shape index (κ1) is 13.7. The summed E-state index contributed by atoms with van der Waals surface area (Å²) in [5, 5.41) is 8.43. The van der Waals surface area contributed by atoms with Crippen LogP contribution in [0, 0.1) is 0 Å². The first-order chi connectivity index (χ1) is 8.88. The fraction of sp³-hybridized carbons (Fsp3) is 0.417. The van der Waals surface area contributed by atoms with Crippen molar-refractivity contribution in [3.05, 3.63) is 24.3 Å². The Morgan fingerprint density at radius 3 is 2.74 bits per heavy atom. The Kier molecular flexibility index (Phi) is 3.66. The summed E-state index contributed by atoms with van der Waals surface area (Å²) in [6.07, 6.45) is 0.374. The summed E-state index contributed by atoms with van der Waals surface area (Å²) in [5.41, 5.74) is 0.377. The minimum Gasteiger partial charge on any atom is -0.479 e. The van der Waals surface area contributed by atoms with Crippen LogP contribution in [0.4, 0.5) is 5.69 Å². The summed E-state index contributed by atoms with van der Waals surface area (Å²) in [7, 11) is -3.32. The third-order valence-corrected chi connectivity index (χ3v) is 4.59. The predicted molar refractivity (Wildman–Crippen MR) is 69.7 cm³/mol. The number of benzene rings is 1. The highest BCUT2D eigenvalue weighted by Crippen LogP contribution is 2.30. The molecule has 19 heavy (non-hydrogen) atoms. The maximum atomic E-state index is 11.8. The van der Waals surface area contributed by atoms with Crippen LogP contribution in [0.25, 0.3) is 0 Å². The van der Waals surface area contributed by atoms with Crippen molar-refractivity contribution < 1.29 is 23.1 Å². The van der Waals surface area contributed by atoms with Gasteiger partial charge in [-0.25, -0.2) is 13.2 Å². The van der Waals surface area contributed by atoms with Gasteiger partial charge in [0.1, 0.15) is 5.75 Å². The van der Waals surface area contributed by atoms with E-state index < -0.39 is 22.1 Å². The normalized spacial score (nSPS) is 16.7. The number of carboxylic acids is 1. The van der Waals surface area contributed by atoms with Crippen molar-refractivity contribution >= 4 is 21.7 Å². The summed E-state index contributed by atoms with van der Waals surface area (Å²) in [6.45, 7) is 1.41. The minimum absolute atomic E-state index is 0.310. The molecule has 0 saturated heterocycles. The van der Waals surface area contributed by atoms with Crippen molar-refractivity contribution in [2.75, 3.05) is 4.72 Å². The van der Waals surface area contributed by atoms with Gasteiger partial charge in [-0.3, -0.25) is 4.72 Å². The maximum Gasteiger partial charge on any atom is 0.344 e. The van der Waals surface area contributed by atoms with Crippen LogP contribution in [0.1, 0.15) is 19.8 Å². The van der Waals surface area contributed by atoms with Gasteiger partial charge in [0, 0.05) is 6.07 Å². The van der Waals surface area contributed by atoms with Gasteiger partial charge >= 0.3 is 5.97 Å². The van der Waals surface area contributed by atoms with E-state index in [1.165, 1.54) is 13.0 Å². The van der Waals surface area contributed by atoms with Crippen LogP contribution in [0.5, 0.6) is 5.75 Å². The molecule has 1 fully saturated rings. The molecule has 104 valence electrons. The summed E-state index contributed by atoms with van der Waals surface area (Å²) in [5.74, 6) is -0.769. The van der Waals surface area contributed by atoms with Crippen molar-refractivity contribution in [1.29, 1.82) is 0 Å². The Bertz CT molecular complexity index is 580. The number of anilines is 1. The molecule has 1 unspecified atom stereocenters. The largest absolute Gasteiger partial charge is 0.479 e. The molecular formula is C12H15NO5S. The van der Waals surface area contributed by atoms with Gasteiger partial charge in [0.15, 0.2) is 6.10 Å². The van der Waals surface area contributed by atoms with Crippen molar-refractivity contribution in [1.82, 2.24) is 0 Å². The number of carbonyl (C=O) groups is 1. The van der Waals surface area contributed by atoms with E-state index >= 15 is 0 Å². The van der Waals surface area contributed by atoms with Crippen LogP contribution in [-0.2, 0) is 14.8 Å². The SMILES string of the molecule is CC(Oc1cccc(NS(=O)(=O)C2CC2)c1)C(=O)O. The van der Waals surface area contributed by atoms with Gasteiger partial charge in [-0.1, -0.05) is 6.07 Å². The molecule has 1 saturated carbocycles. The van der Waals surface area contributed by atoms with E-state index in [1.807, 2.05) is 0 Å². The molecule has 0 amide bonds. The van der Waals surface area contributed by atoms with E-state index in [4.69, 9.17) is 9.84 Å². The average molecular weight is 285 g/mol. The Morgan fingerprint density at radius 1 is 1.47 bits per heavy atom. The predicted octanol–water partition coefficient (Wildman–Crippen LogP) is 1.44. The lowest BCUT2D eigenvalue weighted by Crippen LogP contribution is -2.23. The molecular weight excluding hydrogens is 270 g/mol. The molecule has 2 rings (SSSR count). The Morgan fingerprint density at radius 2 is 2.16 bits per heavy atom. The lowest BCUT2D eigenvalue weighted by molar-refractivity contribution is -0.144. The van der Waals surface area contributed by atoms with Crippen molar-refractivity contribution in [3.63, 3.8) is 0 Å². The van der Waals surface area contributed by atoms with E-state index in [2.05, 4.69) is 4.72 Å². The highest BCUT2D eigenvalue weighted by molar-refractivity contribution is 7.93. The minimum atomic E-state index is -3.32. The molecule has 0 spiro atoms. The monoisotopic (exact) mass is 285 g/mol. The second-order valence-corrected chi connectivity index (χ2v) is 6.43. The zero-order chi connectivity index (χ0) is 14.0. The molecule has 1 atom stereocenters. The van der Waals surface area contributed by atoms with Gasteiger partial charge in [-0.05, 0) is 31.9 Å². The molecule has 1 aliphatic rings. The van der Waals surface area contributed by atoms with Crippen LogP contribution in [0.3, 0.4) is 0 Å². The van der Waals surface area contributed by atoms with Crippen molar-refractivity contribution in [3.8, 4) is 5.75 Å². The van der Waals surface area contributed by atoms with E-state index in [9.17, 15) is 13.2 Å². The summed E-state index contributed by atoms with van der Waals surface area (Å²) < 4.78 is 31.2. The van der Waals surface area contributed by atoms with E-state index in [0.717, 1.165) is 0 Å². The van der Waals surface area contributed by atoms with E-state index in [-0.39, 0.29) is 5.25 Å². The third-order valence-electron chi connectivity index (χ3n) is 2.72. The number of carboxylic acid groups (broad SMARTS) is 1. The van der Waals surface area contributed by atoms with Crippen molar-refractivity contribution in [2.24, 2.45) is 0 Å². The molecule has 1 aromatic rings. The van der Waals surface area contributed by atoms with Gasteiger partial charge in [0.25, 0.3) is 0 Å². The molecule has 6 nitrogen and oxygen atoms in total. The highest BCUT2D eigenvalue weighted by Gasteiger charge is 2.35. The maximum absolute atomic E-state index is 11.8. The Hall–Kier alpha value is -1.76. The Balaban J connectivity index is 2.08. The van der Waals surface area contributed by atoms with Gasteiger partial charge in [-0.15, -0.1) is 0 Å². The zero-order valence-corrected chi connectivity index (χ0v) is 11.2. The van der Waals surface area contributed by atoms with Crippen LogP contribution in [0.15, 0.2) is 24.3 Å². The van der Waals surface area contributed by atoms with E-state index in [0.29, 0.717) is 24.3 Å². The molecule has 0 radical (unpaired) electrons. The fourth-order valence-electron chi connectivity index (χ4n) is 1.51. The number of hydrogen-bond acceptors (Lipinski definition) is 4. The molecule has 0 aromatic heterocycles. The number of rotatable bonds is 6. The topological polar surface area (TPSA) is 92.7 Å². The first-order valence-corrected chi connectivity index (χ1v) is 7.44. The molecule has 1 aliphatic carbocycles. The highest BCUT2D eigenvalue weighted by atomic mass is 32.2. The number of ether oxygens (including phenoxy) is 1. The fourth-order valence-corrected chi connectivity index (χ4v) is 2.89. The lowest BCUT2D eigenvalue weighted by Gasteiger charge is -2.12. The molecule has 2 N–H and O–H groups in total. The molecule has 0 heterocycles. The summed E-state index contributed by atoms with van der Waals surface area (Å²) in [6, 6.07) is 6.25. The van der Waals surface area contributed by atoms with E-state index in [1.54, 1.807) is 18.2 Å². The lowest BCUT2D eigenvalue weighted by atomic mass is 10.3. The zero-order valence-electron chi connectivity index (χ0n) is 10.4. The number of sulfonamides is 1. The molecule has 0 aliphatic heterocycles. The Labute approximate surface area is 111 Å². The van der Waals surface area contributed by atoms with Crippen LogP contribution < -0.4 is 9.46 Å². The van der Waals surface area contributed by atoms with Gasteiger partial charge < -0.3 is 9.84 Å². The standard InChI is InChI=1S/C12H15NO5S/c1-8(12(14)15)18-10-4-2-3-9(7-10)13-19(16,17)11-5-6-11/h2-4,7-8,11,13H,5-6H2,1H3,(H,14,15). The molecule has 0 bridgehead atoms. The molecule has 1 aromatic carbocycles. The van der Waals surface area contributed by atoms with Crippen LogP contribution in [-0.4, -0.2) is 30.8 Å².